The van der Waals surface area contributed by atoms with Gasteiger partial charge in [0.2, 0.25) is 5.91 Å². The average molecular weight is 451 g/mol. The molecule has 1 saturated heterocycles. The zero-order valence-corrected chi connectivity index (χ0v) is 18.0. The fourth-order valence-electron chi connectivity index (χ4n) is 3.73. The number of halogens is 2. The summed E-state index contributed by atoms with van der Waals surface area (Å²) in [4.78, 5) is 14.7. The van der Waals surface area contributed by atoms with Gasteiger partial charge in [-0.3, -0.25) is 4.79 Å². The van der Waals surface area contributed by atoms with Crippen LogP contribution in [0, 0.1) is 0 Å². The predicted molar refractivity (Wildman–Crippen MR) is 115 cm³/mol. The number of carbonyl (C=O) groups is 1. The Bertz CT molecular complexity index is 1180. The second-order valence-electron chi connectivity index (χ2n) is 7.23. The van der Waals surface area contributed by atoms with Crippen LogP contribution in [0.15, 0.2) is 53.6 Å². The van der Waals surface area contributed by atoms with E-state index in [9.17, 15) is 13.2 Å². The van der Waals surface area contributed by atoms with Gasteiger partial charge in [-0.1, -0.05) is 47.5 Å². The summed E-state index contributed by atoms with van der Waals surface area (Å²) in [6.45, 7) is 1.66. The molecule has 0 bridgehead atoms. The first kappa shape index (κ1) is 20.3. The highest BCUT2D eigenvalue weighted by Gasteiger charge is 2.24. The number of likely N-dealkylation sites (tertiary alicyclic amines) is 1. The van der Waals surface area contributed by atoms with Gasteiger partial charge in [0.1, 0.15) is 6.54 Å². The van der Waals surface area contributed by atoms with E-state index in [0.29, 0.717) is 21.0 Å². The number of amides is 1. The quantitative estimate of drug-likeness (QED) is 0.572. The van der Waals surface area contributed by atoms with Gasteiger partial charge in [-0.15, -0.1) is 0 Å². The van der Waals surface area contributed by atoms with E-state index >= 15 is 0 Å². The predicted octanol–water partition coefficient (Wildman–Crippen LogP) is 4.54. The van der Waals surface area contributed by atoms with Gasteiger partial charge in [-0.05, 0) is 36.6 Å². The van der Waals surface area contributed by atoms with Gasteiger partial charge < -0.3 is 9.47 Å². The van der Waals surface area contributed by atoms with E-state index in [0.717, 1.165) is 31.4 Å². The Morgan fingerprint density at radius 1 is 1.00 bits per heavy atom. The van der Waals surface area contributed by atoms with Crippen LogP contribution in [0.3, 0.4) is 0 Å². The molecule has 1 fully saturated rings. The van der Waals surface area contributed by atoms with E-state index in [1.165, 1.54) is 0 Å². The smallest absolute Gasteiger partial charge is 0.242 e. The molecule has 0 atom stereocenters. The van der Waals surface area contributed by atoms with Crippen molar-refractivity contribution < 1.29 is 13.2 Å². The Hall–Kier alpha value is -2.02. The molecule has 0 saturated carbocycles. The Morgan fingerprint density at radius 2 is 1.72 bits per heavy atom. The van der Waals surface area contributed by atoms with Crippen LogP contribution in [0.4, 0.5) is 0 Å². The largest absolute Gasteiger partial charge is 0.341 e. The summed E-state index contributed by atoms with van der Waals surface area (Å²) >= 11 is 12.0. The molecule has 1 aliphatic heterocycles. The van der Waals surface area contributed by atoms with Gasteiger partial charge in [0.05, 0.1) is 20.7 Å². The van der Waals surface area contributed by atoms with E-state index in [1.54, 1.807) is 41.1 Å². The van der Waals surface area contributed by atoms with Crippen LogP contribution in [-0.4, -0.2) is 36.9 Å². The lowest BCUT2D eigenvalue weighted by atomic mass is 10.2. The molecule has 1 amide bonds. The second-order valence-corrected chi connectivity index (χ2v) is 10.0. The zero-order valence-electron chi connectivity index (χ0n) is 15.6. The van der Waals surface area contributed by atoms with Crippen molar-refractivity contribution in [1.29, 1.82) is 0 Å². The third-order valence-corrected chi connectivity index (χ3v) is 7.64. The molecule has 3 aromatic rings. The third kappa shape index (κ3) is 4.15. The maximum atomic E-state index is 13.2. The van der Waals surface area contributed by atoms with Crippen molar-refractivity contribution in [3.05, 3.63) is 64.3 Å². The van der Waals surface area contributed by atoms with Crippen molar-refractivity contribution in [2.75, 3.05) is 13.1 Å². The van der Waals surface area contributed by atoms with E-state index in [1.807, 2.05) is 17.0 Å². The number of para-hydroxylation sites is 1. The number of hydrogen-bond donors (Lipinski definition) is 0. The van der Waals surface area contributed by atoms with Crippen molar-refractivity contribution in [3.8, 4) is 0 Å². The number of sulfone groups is 1. The third-order valence-electron chi connectivity index (χ3n) is 5.19. The second kappa shape index (κ2) is 8.01. The summed E-state index contributed by atoms with van der Waals surface area (Å²) in [7, 11) is -3.65. The molecular weight excluding hydrogens is 431 g/mol. The van der Waals surface area contributed by atoms with Gasteiger partial charge in [-0.2, -0.15) is 0 Å². The maximum absolute atomic E-state index is 13.2. The molecule has 8 heteroatoms. The molecular formula is C21H20Cl2N2O3S. The number of aromatic nitrogens is 1. The summed E-state index contributed by atoms with van der Waals surface area (Å²) < 4.78 is 28.1. The number of carbonyl (C=O) groups excluding carboxylic acids is 1. The van der Waals surface area contributed by atoms with Crippen molar-refractivity contribution in [3.63, 3.8) is 0 Å². The summed E-state index contributed by atoms with van der Waals surface area (Å²) in [6.07, 6.45) is 3.61. The van der Waals surface area contributed by atoms with Gasteiger partial charge in [-0.25, -0.2) is 8.42 Å². The van der Waals surface area contributed by atoms with Crippen LogP contribution in [0.2, 0.25) is 10.0 Å². The molecule has 1 aromatic heterocycles. The average Bonchev–Trinajstić information content (AvgIpc) is 3.34. The molecule has 29 heavy (non-hydrogen) atoms. The molecule has 4 rings (SSSR count). The van der Waals surface area contributed by atoms with Gasteiger partial charge in [0, 0.05) is 30.2 Å². The van der Waals surface area contributed by atoms with Gasteiger partial charge in [0.15, 0.2) is 9.84 Å². The topological polar surface area (TPSA) is 59.4 Å². The molecule has 5 nitrogen and oxygen atoms in total. The van der Waals surface area contributed by atoms with Crippen molar-refractivity contribution >= 4 is 49.8 Å². The van der Waals surface area contributed by atoms with Crippen molar-refractivity contribution in [2.24, 2.45) is 0 Å². The first-order valence-electron chi connectivity index (χ1n) is 9.37. The maximum Gasteiger partial charge on any atom is 0.242 e. The molecule has 0 unspecified atom stereocenters. The fourth-order valence-corrected chi connectivity index (χ4v) is 5.62. The fraction of sp³-hybridized carbons (Fsp3) is 0.286. The monoisotopic (exact) mass is 450 g/mol. The van der Waals surface area contributed by atoms with Crippen LogP contribution in [0.5, 0.6) is 0 Å². The minimum Gasteiger partial charge on any atom is -0.341 e. The molecule has 0 radical (unpaired) electrons. The summed E-state index contributed by atoms with van der Waals surface area (Å²) in [6, 6.07) is 12.1. The highest BCUT2D eigenvalue weighted by molar-refractivity contribution is 7.90. The summed E-state index contributed by atoms with van der Waals surface area (Å²) in [5.74, 6) is -0.186. The molecule has 0 N–H and O–H groups in total. The zero-order chi connectivity index (χ0) is 20.6. The number of nitrogens with zero attached hydrogens (tertiary/aromatic N) is 2. The molecule has 2 heterocycles. The Labute approximate surface area is 179 Å². The van der Waals surface area contributed by atoms with E-state index in [2.05, 4.69) is 0 Å². The molecule has 152 valence electrons. The van der Waals surface area contributed by atoms with Gasteiger partial charge >= 0.3 is 0 Å². The van der Waals surface area contributed by atoms with E-state index in [4.69, 9.17) is 23.2 Å². The number of benzene rings is 2. The number of fused-ring (bicyclic) bond motifs is 1. The highest BCUT2D eigenvalue weighted by atomic mass is 35.5. The molecule has 0 spiro atoms. The standard InChI is InChI=1S/C21H20Cl2N2O3S/c22-17-8-7-15(11-18(17)23)14-29(27,28)20-12-25(19-6-2-1-5-16(19)20)13-21(26)24-9-3-4-10-24/h1-2,5-8,11-12H,3-4,9-10,13-14H2. The van der Waals surface area contributed by atoms with Gasteiger partial charge in [0.25, 0.3) is 0 Å². The minimum absolute atomic E-state index is 0.0108. The Morgan fingerprint density at radius 3 is 2.45 bits per heavy atom. The molecule has 2 aromatic carbocycles. The lowest BCUT2D eigenvalue weighted by molar-refractivity contribution is -0.130. The van der Waals surface area contributed by atoms with E-state index in [-0.39, 0.29) is 23.1 Å². The lowest BCUT2D eigenvalue weighted by Crippen LogP contribution is -2.30. The Kier molecular flexibility index (Phi) is 5.60. The molecule has 1 aliphatic rings. The van der Waals surface area contributed by atoms with Crippen LogP contribution in [-0.2, 0) is 26.9 Å². The SMILES string of the molecule is O=C(Cn1cc(S(=O)(=O)Cc2ccc(Cl)c(Cl)c2)c2ccccc21)N1CCCC1. The van der Waals surface area contributed by atoms with Crippen LogP contribution in [0.25, 0.3) is 10.9 Å². The van der Waals surface area contributed by atoms with Crippen LogP contribution >= 0.6 is 23.2 Å². The van der Waals surface area contributed by atoms with Crippen molar-refractivity contribution in [1.82, 2.24) is 9.47 Å². The highest BCUT2D eigenvalue weighted by Crippen LogP contribution is 2.30. The number of rotatable bonds is 5. The summed E-state index contributed by atoms with van der Waals surface area (Å²) in [5.41, 5.74) is 1.29. The first-order chi connectivity index (χ1) is 13.8. The summed E-state index contributed by atoms with van der Waals surface area (Å²) in [5, 5.41) is 1.31. The van der Waals surface area contributed by atoms with E-state index < -0.39 is 9.84 Å². The van der Waals surface area contributed by atoms with Crippen molar-refractivity contribution in [2.45, 2.75) is 30.0 Å². The Balaban J connectivity index is 1.69. The number of hydrogen-bond acceptors (Lipinski definition) is 3. The first-order valence-corrected chi connectivity index (χ1v) is 11.8. The normalized spacial score (nSPS) is 14.6. The lowest BCUT2D eigenvalue weighted by Gasteiger charge is -2.15. The van der Waals surface area contributed by atoms with Crippen LogP contribution in [0.1, 0.15) is 18.4 Å². The minimum atomic E-state index is -3.65. The van der Waals surface area contributed by atoms with Crippen LogP contribution < -0.4 is 0 Å². The molecule has 0 aliphatic carbocycles.